The number of carbonyl (C=O) groups is 1. The summed E-state index contributed by atoms with van der Waals surface area (Å²) in [5, 5.41) is 17.6. The first kappa shape index (κ1) is 27.5. The Kier molecular flexibility index (Phi) is 7.62. The number of fused-ring (bicyclic) bond motifs is 3. The van der Waals surface area contributed by atoms with Crippen LogP contribution >= 0.6 is 0 Å². The van der Waals surface area contributed by atoms with Crippen molar-refractivity contribution in [3.63, 3.8) is 0 Å². The zero-order valence-corrected chi connectivity index (χ0v) is 22.9. The minimum absolute atomic E-state index is 0.0708. The number of hydrogen-bond acceptors (Lipinski definition) is 5. The zero-order chi connectivity index (χ0) is 29.2. The Balaban J connectivity index is 1.42. The van der Waals surface area contributed by atoms with E-state index in [-0.39, 0.29) is 31.3 Å². The molecule has 1 aliphatic rings. The fourth-order valence-corrected chi connectivity index (χ4v) is 5.74. The number of carboxylic acid groups (broad SMARTS) is 1. The topological polar surface area (TPSA) is 87.7 Å². The monoisotopic (exact) mass is 573 g/mol. The molecular formula is C32H29F2N3O5. The molecule has 0 saturated carbocycles. The molecule has 10 heteroatoms. The number of hydrogen-bond donors (Lipinski definition) is 1. The fraction of sp³-hybridized carbons (Fsp3) is 0.250. The van der Waals surface area contributed by atoms with Crippen LogP contribution in [-0.4, -0.2) is 45.2 Å². The Bertz CT molecular complexity index is 1800. The van der Waals surface area contributed by atoms with Gasteiger partial charge in [-0.05, 0) is 29.9 Å². The standard InChI is InChI=1S/C32H29F2N3O5/c1-36-30(42-32(33)34)27-24-13-7-12-22-23(14-8-18-41-26-15-6-10-20-9-2-3-11-21(20)26)29(31(38)39)37(28(22)24)16-4-5-17-40-19-25(27)35-36/h2-7,9-13,15,32H,8,14,16-19H2,1H3,(H,38,39)/b5-4-. The summed E-state index contributed by atoms with van der Waals surface area (Å²) in [6.45, 7) is -2.10. The second-order valence-corrected chi connectivity index (χ2v) is 9.99. The first-order valence-corrected chi connectivity index (χ1v) is 13.7. The molecule has 42 heavy (non-hydrogen) atoms. The molecule has 0 unspecified atom stereocenters. The highest BCUT2D eigenvalue weighted by Gasteiger charge is 2.29. The van der Waals surface area contributed by atoms with E-state index < -0.39 is 12.6 Å². The molecule has 1 N–H and O–H groups in total. The lowest BCUT2D eigenvalue weighted by Gasteiger charge is -2.12. The van der Waals surface area contributed by atoms with Crippen LogP contribution in [0, 0.1) is 0 Å². The molecule has 0 atom stereocenters. The minimum Gasteiger partial charge on any atom is -0.493 e. The third-order valence-electron chi connectivity index (χ3n) is 7.41. The number of rotatable bonds is 8. The molecule has 0 aliphatic carbocycles. The third kappa shape index (κ3) is 5.09. The number of para-hydroxylation sites is 1. The van der Waals surface area contributed by atoms with Crippen molar-refractivity contribution in [2.24, 2.45) is 7.05 Å². The molecule has 0 fully saturated rings. The minimum atomic E-state index is -3.07. The first-order chi connectivity index (χ1) is 20.4. The van der Waals surface area contributed by atoms with Crippen molar-refractivity contribution < 1.29 is 32.9 Å². The molecule has 5 aromatic rings. The summed E-state index contributed by atoms with van der Waals surface area (Å²) in [6.07, 6.45) is 4.65. The van der Waals surface area contributed by atoms with E-state index in [4.69, 9.17) is 14.2 Å². The van der Waals surface area contributed by atoms with Crippen LogP contribution in [0.1, 0.15) is 28.2 Å². The van der Waals surface area contributed by atoms with Gasteiger partial charge in [0, 0.05) is 29.9 Å². The average Bonchev–Trinajstić information content (AvgIpc) is 3.45. The van der Waals surface area contributed by atoms with Gasteiger partial charge < -0.3 is 23.9 Å². The summed E-state index contributed by atoms with van der Waals surface area (Å²) in [7, 11) is 1.53. The Labute approximate surface area is 240 Å². The molecule has 1 aliphatic heterocycles. The van der Waals surface area contributed by atoms with Crippen molar-refractivity contribution in [1.29, 1.82) is 0 Å². The van der Waals surface area contributed by atoms with Gasteiger partial charge >= 0.3 is 12.6 Å². The summed E-state index contributed by atoms with van der Waals surface area (Å²) < 4.78 is 46.7. The smallest absolute Gasteiger partial charge is 0.388 e. The molecule has 6 rings (SSSR count). The van der Waals surface area contributed by atoms with Crippen LogP contribution in [0.4, 0.5) is 8.78 Å². The molecule has 0 spiro atoms. The highest BCUT2D eigenvalue weighted by atomic mass is 19.3. The molecular weight excluding hydrogens is 544 g/mol. The summed E-state index contributed by atoms with van der Waals surface area (Å²) in [5.74, 6) is -0.413. The number of allylic oxidation sites excluding steroid dienone is 1. The van der Waals surface area contributed by atoms with Gasteiger partial charge in [0.1, 0.15) is 17.1 Å². The Morgan fingerprint density at radius 3 is 2.69 bits per heavy atom. The number of aromatic carboxylic acids is 1. The number of aryl methyl sites for hydroxylation is 2. The van der Waals surface area contributed by atoms with Crippen LogP contribution in [0.3, 0.4) is 0 Å². The summed E-state index contributed by atoms with van der Waals surface area (Å²) in [4.78, 5) is 12.7. The van der Waals surface area contributed by atoms with Crippen molar-refractivity contribution in [1.82, 2.24) is 14.3 Å². The summed E-state index contributed by atoms with van der Waals surface area (Å²) >= 11 is 0. The van der Waals surface area contributed by atoms with Gasteiger partial charge in [-0.1, -0.05) is 66.7 Å². The van der Waals surface area contributed by atoms with Crippen molar-refractivity contribution in [2.75, 3.05) is 13.2 Å². The van der Waals surface area contributed by atoms with Crippen molar-refractivity contribution in [3.8, 4) is 22.8 Å². The van der Waals surface area contributed by atoms with Crippen LogP contribution in [0.25, 0.3) is 32.8 Å². The second-order valence-electron chi connectivity index (χ2n) is 9.99. The van der Waals surface area contributed by atoms with Gasteiger partial charge in [0.2, 0.25) is 5.88 Å². The number of aromatic nitrogens is 3. The van der Waals surface area contributed by atoms with E-state index in [0.717, 1.165) is 21.9 Å². The average molecular weight is 574 g/mol. The van der Waals surface area contributed by atoms with Gasteiger partial charge in [0.05, 0.1) is 30.9 Å². The van der Waals surface area contributed by atoms with E-state index in [0.29, 0.717) is 47.3 Å². The first-order valence-electron chi connectivity index (χ1n) is 13.7. The van der Waals surface area contributed by atoms with E-state index in [1.54, 1.807) is 16.7 Å². The number of alkyl halides is 2. The van der Waals surface area contributed by atoms with Crippen LogP contribution in [-0.2, 0) is 31.4 Å². The Hall–Kier alpha value is -4.70. The lowest BCUT2D eigenvalue weighted by molar-refractivity contribution is -0.0549. The highest BCUT2D eigenvalue weighted by molar-refractivity contribution is 6.04. The number of nitrogens with zero attached hydrogens (tertiary/aromatic N) is 3. The van der Waals surface area contributed by atoms with E-state index in [1.165, 1.54) is 11.7 Å². The predicted octanol–water partition coefficient (Wildman–Crippen LogP) is 6.59. The van der Waals surface area contributed by atoms with E-state index in [2.05, 4.69) is 5.10 Å². The van der Waals surface area contributed by atoms with Gasteiger partial charge in [0.25, 0.3) is 0 Å². The Morgan fingerprint density at radius 1 is 1.07 bits per heavy atom. The van der Waals surface area contributed by atoms with Crippen LogP contribution in [0.5, 0.6) is 11.6 Å². The normalized spacial score (nSPS) is 14.1. The molecule has 8 nitrogen and oxygen atoms in total. The maximum atomic E-state index is 13.5. The van der Waals surface area contributed by atoms with Gasteiger partial charge in [-0.3, -0.25) is 0 Å². The van der Waals surface area contributed by atoms with Gasteiger partial charge in [-0.2, -0.15) is 13.9 Å². The largest absolute Gasteiger partial charge is 0.493 e. The van der Waals surface area contributed by atoms with Crippen LogP contribution in [0.15, 0.2) is 72.8 Å². The zero-order valence-electron chi connectivity index (χ0n) is 22.9. The number of ether oxygens (including phenoxy) is 3. The van der Waals surface area contributed by atoms with Gasteiger partial charge in [-0.15, -0.1) is 0 Å². The molecule has 0 radical (unpaired) electrons. The maximum Gasteiger partial charge on any atom is 0.388 e. The molecule has 3 heterocycles. The van der Waals surface area contributed by atoms with E-state index in [1.807, 2.05) is 60.7 Å². The lowest BCUT2D eigenvalue weighted by atomic mass is 9.99. The summed E-state index contributed by atoms with van der Waals surface area (Å²) in [6, 6.07) is 19.3. The molecule has 3 aromatic carbocycles. The highest BCUT2D eigenvalue weighted by Crippen LogP contribution is 2.41. The van der Waals surface area contributed by atoms with Crippen molar-refractivity contribution >= 4 is 27.6 Å². The van der Waals surface area contributed by atoms with E-state index in [9.17, 15) is 18.7 Å². The third-order valence-corrected chi connectivity index (χ3v) is 7.41. The van der Waals surface area contributed by atoms with Gasteiger partial charge in [0.15, 0.2) is 0 Å². The SMILES string of the molecule is Cn1nc2c(c1OC(F)F)-c1cccc3c(CCCOc4cccc5ccccc45)c(C(=O)O)n(c13)C/C=C\COC2. The molecule has 2 aromatic heterocycles. The maximum absolute atomic E-state index is 13.5. The van der Waals surface area contributed by atoms with Crippen molar-refractivity contribution in [2.45, 2.75) is 32.6 Å². The predicted molar refractivity (Wildman–Crippen MR) is 154 cm³/mol. The number of carboxylic acids is 1. The molecule has 0 bridgehead atoms. The number of benzene rings is 3. The molecule has 0 saturated heterocycles. The number of halogens is 2. The molecule has 216 valence electrons. The quantitative estimate of drug-likeness (QED) is 0.166. The summed E-state index contributed by atoms with van der Waals surface area (Å²) in [5.41, 5.74) is 2.74. The van der Waals surface area contributed by atoms with Crippen LogP contribution in [0.2, 0.25) is 0 Å². The lowest BCUT2D eigenvalue weighted by Crippen LogP contribution is -2.11. The Morgan fingerprint density at radius 2 is 1.86 bits per heavy atom. The van der Waals surface area contributed by atoms with Crippen LogP contribution < -0.4 is 9.47 Å². The van der Waals surface area contributed by atoms with Crippen molar-refractivity contribution in [3.05, 3.63) is 89.8 Å². The fourth-order valence-electron chi connectivity index (χ4n) is 5.74. The van der Waals surface area contributed by atoms with E-state index >= 15 is 0 Å². The second kappa shape index (κ2) is 11.7. The van der Waals surface area contributed by atoms with Gasteiger partial charge in [-0.25, -0.2) is 9.48 Å². The molecule has 0 amide bonds.